The molecule has 0 spiro atoms. The number of thiophene rings is 1. The molecular weight excluding hydrogens is 510 g/mol. The van der Waals surface area contributed by atoms with Crippen LogP contribution in [0, 0.1) is 34.0 Å². The molecule has 0 N–H and O–H groups in total. The first-order valence-electron chi connectivity index (χ1n) is 12.4. The van der Waals surface area contributed by atoms with Crippen molar-refractivity contribution in [2.75, 3.05) is 0 Å². The fraction of sp³-hybridized carbons (Fsp3) is 0. The van der Waals surface area contributed by atoms with E-state index in [1.807, 2.05) is 115 Å². The molecule has 0 unspecified atom stereocenters. The number of hydrogen-bond acceptors (Lipinski definition) is 5. The molecule has 5 rings (SSSR count). The van der Waals surface area contributed by atoms with E-state index in [9.17, 15) is 15.8 Å². The van der Waals surface area contributed by atoms with Crippen molar-refractivity contribution in [2.24, 2.45) is 0 Å². The standard InChI is InChI=1S/C35H21N3OS/c36-22-29(35(30(23-37)24-38)28-14-8-3-9-15-28)21-32-17-16-31(40-32)18-25-19-33(26-10-4-1-5-11-26)39-34(20-25)27-12-6-2-7-13-27/h1-21H/b29-21+. The molecule has 2 heterocycles. The molecule has 0 aliphatic carbocycles. The SMILES string of the molecule is N#CC(C#N)=C(/C(C#N)=C/c1ccc(C=C2C=C(c3ccccc3)OC(c3ccccc3)=C2)s1)c1ccccc1. The quantitative estimate of drug-likeness (QED) is 0.184. The molecule has 0 saturated carbocycles. The summed E-state index contributed by atoms with van der Waals surface area (Å²) in [4.78, 5) is 1.82. The number of nitriles is 3. The van der Waals surface area contributed by atoms with Gasteiger partial charge in [-0.1, -0.05) is 91.0 Å². The smallest absolute Gasteiger partial charge is 0.138 e. The summed E-state index contributed by atoms with van der Waals surface area (Å²) in [6.45, 7) is 0. The van der Waals surface area contributed by atoms with Gasteiger partial charge in [-0.3, -0.25) is 0 Å². The summed E-state index contributed by atoms with van der Waals surface area (Å²) in [5.41, 5.74) is 4.07. The van der Waals surface area contributed by atoms with Gasteiger partial charge in [0.2, 0.25) is 0 Å². The number of rotatable bonds is 6. The Morgan fingerprint density at radius 3 is 1.68 bits per heavy atom. The van der Waals surface area contributed by atoms with Gasteiger partial charge < -0.3 is 4.74 Å². The molecule has 0 bridgehead atoms. The Kier molecular flexibility index (Phi) is 7.95. The first kappa shape index (κ1) is 26.0. The van der Waals surface area contributed by atoms with Crippen LogP contribution in [-0.4, -0.2) is 0 Å². The molecule has 1 aromatic heterocycles. The number of allylic oxidation sites excluding steroid dienone is 6. The lowest BCUT2D eigenvalue weighted by Gasteiger charge is -2.19. The van der Waals surface area contributed by atoms with Gasteiger partial charge >= 0.3 is 0 Å². The van der Waals surface area contributed by atoms with Crippen LogP contribution in [0.15, 0.2) is 132 Å². The predicted molar refractivity (Wildman–Crippen MR) is 160 cm³/mol. The van der Waals surface area contributed by atoms with E-state index >= 15 is 0 Å². The first-order valence-corrected chi connectivity index (χ1v) is 13.3. The maximum Gasteiger partial charge on any atom is 0.138 e. The Balaban J connectivity index is 1.53. The van der Waals surface area contributed by atoms with Crippen LogP contribution in [0.5, 0.6) is 0 Å². The summed E-state index contributed by atoms with van der Waals surface area (Å²) in [5, 5.41) is 29.1. The van der Waals surface area contributed by atoms with Gasteiger partial charge in [0, 0.05) is 26.5 Å². The second-order valence-corrected chi connectivity index (χ2v) is 9.89. The van der Waals surface area contributed by atoms with Crippen molar-refractivity contribution in [3.63, 3.8) is 0 Å². The third kappa shape index (κ3) is 5.90. The largest absolute Gasteiger partial charge is 0.456 e. The van der Waals surface area contributed by atoms with Crippen molar-refractivity contribution in [3.8, 4) is 18.2 Å². The zero-order valence-electron chi connectivity index (χ0n) is 21.3. The minimum atomic E-state index is -0.0998. The average Bonchev–Trinajstić information content (AvgIpc) is 3.46. The molecule has 3 aromatic carbocycles. The van der Waals surface area contributed by atoms with Crippen LogP contribution in [0.3, 0.4) is 0 Å². The molecule has 4 nitrogen and oxygen atoms in total. The summed E-state index contributed by atoms with van der Waals surface area (Å²) < 4.78 is 6.29. The molecule has 4 aromatic rings. The Bertz CT molecular complexity index is 1750. The summed E-state index contributed by atoms with van der Waals surface area (Å²) in [5.74, 6) is 1.52. The molecule has 0 atom stereocenters. The van der Waals surface area contributed by atoms with Crippen LogP contribution < -0.4 is 0 Å². The van der Waals surface area contributed by atoms with Crippen molar-refractivity contribution < 1.29 is 4.74 Å². The highest BCUT2D eigenvalue weighted by atomic mass is 32.1. The Morgan fingerprint density at radius 2 is 1.15 bits per heavy atom. The monoisotopic (exact) mass is 531 g/mol. The number of benzene rings is 3. The normalized spacial score (nSPS) is 12.5. The number of ether oxygens (including phenoxy) is 1. The maximum absolute atomic E-state index is 9.99. The molecule has 0 saturated heterocycles. The van der Waals surface area contributed by atoms with Gasteiger partial charge in [0.15, 0.2) is 0 Å². The summed E-state index contributed by atoms with van der Waals surface area (Å²) in [7, 11) is 0. The van der Waals surface area contributed by atoms with Crippen molar-refractivity contribution in [3.05, 3.63) is 158 Å². The van der Waals surface area contributed by atoms with Gasteiger partial charge in [-0.2, -0.15) is 15.8 Å². The molecule has 188 valence electrons. The molecule has 5 heteroatoms. The molecule has 1 aliphatic rings. The van der Waals surface area contributed by atoms with Gasteiger partial charge in [0.1, 0.15) is 29.2 Å². The van der Waals surface area contributed by atoms with E-state index in [1.165, 1.54) is 11.3 Å². The molecule has 40 heavy (non-hydrogen) atoms. The van der Waals surface area contributed by atoms with E-state index in [0.29, 0.717) is 11.1 Å². The molecular formula is C35H21N3OS. The van der Waals surface area contributed by atoms with Crippen molar-refractivity contribution in [1.82, 2.24) is 0 Å². The number of nitrogens with zero attached hydrogens (tertiary/aromatic N) is 3. The summed E-state index contributed by atoms with van der Waals surface area (Å²) in [6, 6.07) is 39.0. The lowest BCUT2D eigenvalue weighted by atomic mass is 9.94. The highest BCUT2D eigenvalue weighted by Crippen LogP contribution is 2.34. The molecule has 0 amide bonds. The van der Waals surface area contributed by atoms with Gasteiger partial charge in [-0.05, 0) is 47.6 Å². The van der Waals surface area contributed by atoms with Crippen LogP contribution in [0.2, 0.25) is 0 Å². The van der Waals surface area contributed by atoms with Gasteiger partial charge in [0.05, 0.1) is 11.6 Å². The lowest BCUT2D eigenvalue weighted by molar-refractivity contribution is 0.467. The predicted octanol–water partition coefficient (Wildman–Crippen LogP) is 8.65. The highest BCUT2D eigenvalue weighted by Gasteiger charge is 2.17. The highest BCUT2D eigenvalue weighted by molar-refractivity contribution is 7.13. The van der Waals surface area contributed by atoms with Crippen LogP contribution in [-0.2, 0) is 4.74 Å². The van der Waals surface area contributed by atoms with Crippen LogP contribution in [0.25, 0.3) is 29.2 Å². The van der Waals surface area contributed by atoms with E-state index in [-0.39, 0.29) is 11.1 Å². The minimum Gasteiger partial charge on any atom is -0.456 e. The third-order valence-corrected chi connectivity index (χ3v) is 7.08. The maximum atomic E-state index is 9.99. The molecule has 1 aliphatic heterocycles. The lowest BCUT2D eigenvalue weighted by Crippen LogP contribution is -1.99. The minimum absolute atomic E-state index is 0.0998. The third-order valence-electron chi connectivity index (χ3n) is 6.10. The van der Waals surface area contributed by atoms with Crippen molar-refractivity contribution >= 4 is 40.6 Å². The topological polar surface area (TPSA) is 80.6 Å². The van der Waals surface area contributed by atoms with E-state index in [2.05, 4.69) is 12.1 Å². The Morgan fingerprint density at radius 1 is 0.625 bits per heavy atom. The van der Waals surface area contributed by atoms with Crippen molar-refractivity contribution in [1.29, 1.82) is 15.8 Å². The summed E-state index contributed by atoms with van der Waals surface area (Å²) >= 11 is 1.51. The average molecular weight is 532 g/mol. The fourth-order valence-electron chi connectivity index (χ4n) is 4.26. The fourth-order valence-corrected chi connectivity index (χ4v) is 5.18. The van der Waals surface area contributed by atoms with Gasteiger partial charge in [-0.25, -0.2) is 0 Å². The van der Waals surface area contributed by atoms with Crippen LogP contribution >= 0.6 is 11.3 Å². The molecule has 0 fully saturated rings. The Labute approximate surface area is 237 Å². The van der Waals surface area contributed by atoms with Gasteiger partial charge in [-0.15, -0.1) is 11.3 Å². The first-order chi connectivity index (χ1) is 19.7. The van der Waals surface area contributed by atoms with E-state index < -0.39 is 0 Å². The van der Waals surface area contributed by atoms with E-state index in [4.69, 9.17) is 4.74 Å². The van der Waals surface area contributed by atoms with Crippen LogP contribution in [0.4, 0.5) is 0 Å². The Hall–Kier alpha value is -5.67. The summed E-state index contributed by atoms with van der Waals surface area (Å²) in [6.07, 6.45) is 7.83. The number of hydrogen-bond donors (Lipinski definition) is 0. The zero-order valence-corrected chi connectivity index (χ0v) is 22.1. The molecule has 0 radical (unpaired) electrons. The van der Waals surface area contributed by atoms with E-state index in [1.54, 1.807) is 18.2 Å². The zero-order chi connectivity index (χ0) is 27.7. The second kappa shape index (κ2) is 12.2. The van der Waals surface area contributed by atoms with E-state index in [0.717, 1.165) is 38.0 Å². The van der Waals surface area contributed by atoms with Crippen LogP contribution in [0.1, 0.15) is 26.4 Å². The van der Waals surface area contributed by atoms with Gasteiger partial charge in [0.25, 0.3) is 0 Å². The van der Waals surface area contributed by atoms with Crippen molar-refractivity contribution in [2.45, 2.75) is 0 Å². The second-order valence-electron chi connectivity index (χ2n) is 8.75.